The van der Waals surface area contributed by atoms with Crippen LogP contribution in [0.15, 0.2) is 18.2 Å². The lowest BCUT2D eigenvalue weighted by Gasteiger charge is -2.21. The molecule has 0 radical (unpaired) electrons. The first-order valence-corrected chi connectivity index (χ1v) is 7.21. The molecule has 20 heavy (non-hydrogen) atoms. The fourth-order valence-corrected chi connectivity index (χ4v) is 1.96. The van der Waals surface area contributed by atoms with E-state index >= 15 is 0 Å². The van der Waals surface area contributed by atoms with Crippen LogP contribution in [0.1, 0.15) is 26.7 Å². The second-order valence-electron chi connectivity index (χ2n) is 5.41. The van der Waals surface area contributed by atoms with Gasteiger partial charge in [-0.05, 0) is 30.4 Å². The highest BCUT2D eigenvalue weighted by atomic mass is 35.5. The summed E-state index contributed by atoms with van der Waals surface area (Å²) in [6.45, 7) is 4.64. The molecule has 0 aliphatic heterocycles. The van der Waals surface area contributed by atoms with E-state index in [1.807, 2.05) is 13.8 Å². The van der Waals surface area contributed by atoms with Gasteiger partial charge >= 0.3 is 6.03 Å². The molecule has 4 nitrogen and oxygen atoms in total. The Morgan fingerprint density at radius 2 is 2.05 bits per heavy atom. The minimum absolute atomic E-state index is 0.117. The molecule has 0 heterocycles. The summed E-state index contributed by atoms with van der Waals surface area (Å²) in [5.41, 5.74) is 0.362. The Morgan fingerprint density at radius 3 is 2.70 bits per heavy atom. The van der Waals surface area contributed by atoms with Gasteiger partial charge in [0.15, 0.2) is 0 Å². The van der Waals surface area contributed by atoms with E-state index in [2.05, 4.69) is 10.6 Å². The number of aliphatic hydroxyl groups is 1. The third-order valence-corrected chi connectivity index (χ3v) is 3.76. The Morgan fingerprint density at radius 1 is 1.35 bits per heavy atom. The number of amides is 2. The number of urea groups is 1. The van der Waals surface area contributed by atoms with Crippen molar-refractivity contribution in [2.75, 3.05) is 18.5 Å². The summed E-state index contributed by atoms with van der Waals surface area (Å²) in [6.07, 6.45) is 1.63. The van der Waals surface area contributed by atoms with Gasteiger partial charge in [0.25, 0.3) is 0 Å². The molecule has 0 bridgehead atoms. The number of aliphatic hydroxyl groups excluding tert-OH is 1. The fraction of sp³-hybridized carbons (Fsp3) is 0.500. The summed E-state index contributed by atoms with van der Waals surface area (Å²) in [7, 11) is 0. The summed E-state index contributed by atoms with van der Waals surface area (Å²) < 4.78 is 0. The lowest BCUT2D eigenvalue weighted by atomic mass is 9.89. The highest BCUT2D eigenvalue weighted by Gasteiger charge is 2.15. The molecule has 1 rings (SSSR count). The van der Waals surface area contributed by atoms with Gasteiger partial charge in [0.05, 0.1) is 15.7 Å². The van der Waals surface area contributed by atoms with Crippen LogP contribution < -0.4 is 10.6 Å². The molecule has 1 aromatic carbocycles. The van der Waals surface area contributed by atoms with Gasteiger partial charge in [0.1, 0.15) is 0 Å². The zero-order valence-corrected chi connectivity index (χ0v) is 13.2. The number of carbonyl (C=O) groups is 1. The van der Waals surface area contributed by atoms with Crippen molar-refractivity contribution >= 4 is 34.9 Å². The largest absolute Gasteiger partial charge is 0.396 e. The van der Waals surface area contributed by atoms with Crippen LogP contribution in [0.5, 0.6) is 0 Å². The van der Waals surface area contributed by atoms with Gasteiger partial charge in [-0.3, -0.25) is 0 Å². The second-order valence-corrected chi connectivity index (χ2v) is 6.19. The van der Waals surface area contributed by atoms with E-state index in [4.69, 9.17) is 28.3 Å². The molecule has 0 aliphatic carbocycles. The van der Waals surface area contributed by atoms with Gasteiger partial charge in [-0.2, -0.15) is 0 Å². The highest BCUT2D eigenvalue weighted by Crippen LogP contribution is 2.29. The number of carbonyl (C=O) groups excluding carboxylic acids is 1. The summed E-state index contributed by atoms with van der Waals surface area (Å²) in [6, 6.07) is 4.73. The molecular weight excluding hydrogens is 299 g/mol. The van der Waals surface area contributed by atoms with E-state index in [0.29, 0.717) is 22.3 Å². The van der Waals surface area contributed by atoms with Crippen molar-refractivity contribution in [2.24, 2.45) is 5.41 Å². The van der Waals surface area contributed by atoms with Crippen molar-refractivity contribution < 1.29 is 9.90 Å². The van der Waals surface area contributed by atoms with Crippen LogP contribution in [0.3, 0.4) is 0 Å². The summed E-state index contributed by atoms with van der Waals surface area (Å²) in [4.78, 5) is 11.7. The molecule has 2 amide bonds. The summed E-state index contributed by atoms with van der Waals surface area (Å²) >= 11 is 11.8. The lowest BCUT2D eigenvalue weighted by Crippen LogP contribution is -2.30. The van der Waals surface area contributed by atoms with Gasteiger partial charge in [-0.15, -0.1) is 0 Å². The number of hydrogen-bond donors (Lipinski definition) is 3. The van der Waals surface area contributed by atoms with Crippen LogP contribution in [0.4, 0.5) is 10.5 Å². The SMILES string of the molecule is CC(C)(CO)CCCNC(=O)Nc1cccc(Cl)c1Cl. The maximum Gasteiger partial charge on any atom is 0.319 e. The molecule has 0 aliphatic rings. The number of hydrogen-bond acceptors (Lipinski definition) is 2. The predicted octanol–water partition coefficient (Wildman–Crippen LogP) is 3.91. The van der Waals surface area contributed by atoms with E-state index in [-0.39, 0.29) is 18.1 Å². The van der Waals surface area contributed by atoms with Crippen LogP contribution in [0.2, 0.25) is 10.0 Å². The van der Waals surface area contributed by atoms with Crippen molar-refractivity contribution in [3.63, 3.8) is 0 Å². The van der Waals surface area contributed by atoms with Crippen LogP contribution in [-0.2, 0) is 0 Å². The minimum atomic E-state index is -0.323. The molecule has 3 N–H and O–H groups in total. The van der Waals surface area contributed by atoms with E-state index in [1.54, 1.807) is 18.2 Å². The molecule has 0 unspecified atom stereocenters. The standard InChI is InChI=1S/C14H20Cl2N2O2/c1-14(2,9-19)7-4-8-17-13(20)18-11-6-3-5-10(15)12(11)16/h3,5-6,19H,4,7-9H2,1-2H3,(H2,17,18,20). The molecule has 0 saturated heterocycles. The van der Waals surface area contributed by atoms with Gasteiger partial charge < -0.3 is 15.7 Å². The van der Waals surface area contributed by atoms with Gasteiger partial charge in [0, 0.05) is 13.2 Å². The number of anilines is 1. The lowest BCUT2D eigenvalue weighted by molar-refractivity contribution is 0.148. The second kappa shape index (κ2) is 7.72. The molecule has 6 heteroatoms. The Bertz CT molecular complexity index is 464. The normalized spacial score (nSPS) is 11.2. The Labute approximate surface area is 129 Å². The van der Waals surface area contributed by atoms with Crippen LogP contribution in [0.25, 0.3) is 0 Å². The fourth-order valence-electron chi connectivity index (χ4n) is 1.61. The first-order valence-electron chi connectivity index (χ1n) is 6.45. The zero-order chi connectivity index (χ0) is 15.2. The van der Waals surface area contributed by atoms with Crippen LogP contribution in [0, 0.1) is 5.41 Å². The molecule has 0 fully saturated rings. The minimum Gasteiger partial charge on any atom is -0.396 e. The van der Waals surface area contributed by atoms with Gasteiger partial charge in [0.2, 0.25) is 0 Å². The Balaban J connectivity index is 2.36. The number of nitrogens with one attached hydrogen (secondary N) is 2. The number of halogens is 2. The van der Waals surface area contributed by atoms with Crippen molar-refractivity contribution in [3.05, 3.63) is 28.2 Å². The molecule has 0 spiro atoms. The Hall–Kier alpha value is -0.970. The number of benzene rings is 1. The molecule has 112 valence electrons. The molecule has 1 aromatic rings. The van der Waals surface area contributed by atoms with Crippen LogP contribution in [-0.4, -0.2) is 24.3 Å². The monoisotopic (exact) mass is 318 g/mol. The number of rotatable bonds is 6. The van der Waals surface area contributed by atoms with E-state index in [0.717, 1.165) is 12.8 Å². The maximum absolute atomic E-state index is 11.7. The third-order valence-electron chi connectivity index (χ3n) is 2.94. The van der Waals surface area contributed by atoms with E-state index in [1.165, 1.54) is 0 Å². The third kappa shape index (κ3) is 5.57. The van der Waals surface area contributed by atoms with Crippen molar-refractivity contribution in [3.8, 4) is 0 Å². The molecule has 0 saturated carbocycles. The summed E-state index contributed by atoms with van der Waals surface area (Å²) in [5.74, 6) is 0. The first-order chi connectivity index (χ1) is 9.35. The van der Waals surface area contributed by atoms with E-state index in [9.17, 15) is 4.79 Å². The van der Waals surface area contributed by atoms with Gasteiger partial charge in [-0.25, -0.2) is 4.79 Å². The van der Waals surface area contributed by atoms with Gasteiger partial charge in [-0.1, -0.05) is 43.1 Å². The molecule has 0 atom stereocenters. The quantitative estimate of drug-likeness (QED) is 0.696. The first kappa shape index (κ1) is 17.1. The van der Waals surface area contributed by atoms with Crippen LogP contribution >= 0.6 is 23.2 Å². The Kier molecular flexibility index (Phi) is 6.59. The van der Waals surface area contributed by atoms with Crippen molar-refractivity contribution in [1.82, 2.24) is 5.32 Å². The topological polar surface area (TPSA) is 61.4 Å². The smallest absolute Gasteiger partial charge is 0.319 e. The average Bonchev–Trinajstić information content (AvgIpc) is 2.40. The average molecular weight is 319 g/mol. The maximum atomic E-state index is 11.7. The highest BCUT2D eigenvalue weighted by molar-refractivity contribution is 6.43. The molecular formula is C14H20Cl2N2O2. The van der Waals surface area contributed by atoms with Crippen molar-refractivity contribution in [2.45, 2.75) is 26.7 Å². The zero-order valence-electron chi connectivity index (χ0n) is 11.7. The van der Waals surface area contributed by atoms with Crippen molar-refractivity contribution in [1.29, 1.82) is 0 Å². The predicted molar refractivity (Wildman–Crippen MR) is 83.6 cm³/mol. The summed E-state index contributed by atoms with van der Waals surface area (Å²) in [5, 5.41) is 15.2. The molecule has 0 aromatic heterocycles. The van der Waals surface area contributed by atoms with E-state index < -0.39 is 0 Å².